The maximum Gasteiger partial charge on any atom is 0.271 e. The summed E-state index contributed by atoms with van der Waals surface area (Å²) in [5.41, 5.74) is 3.03. The van der Waals surface area contributed by atoms with E-state index in [1.807, 2.05) is 69.3 Å². The molecule has 0 saturated carbocycles. The highest BCUT2D eigenvalue weighted by molar-refractivity contribution is 7.99. The molecule has 0 aliphatic rings. The lowest BCUT2D eigenvalue weighted by atomic mass is 10.1. The number of carbonyl (C=O) groups excluding carboxylic acids is 1. The second-order valence-corrected chi connectivity index (χ2v) is 9.47. The van der Waals surface area contributed by atoms with E-state index in [4.69, 9.17) is 4.74 Å². The van der Waals surface area contributed by atoms with Gasteiger partial charge in [-0.2, -0.15) is 9.78 Å². The van der Waals surface area contributed by atoms with Crippen LogP contribution in [0, 0.1) is 6.92 Å². The van der Waals surface area contributed by atoms with Gasteiger partial charge in [0.15, 0.2) is 0 Å². The zero-order valence-electron chi connectivity index (χ0n) is 19.9. The highest BCUT2D eigenvalue weighted by atomic mass is 32.2. The Hall–Kier alpha value is -3.84. The Morgan fingerprint density at radius 1 is 0.943 bits per heavy atom. The van der Waals surface area contributed by atoms with Crippen LogP contribution in [0.4, 0.5) is 0 Å². The molecule has 178 valence electrons. The van der Waals surface area contributed by atoms with Gasteiger partial charge in [-0.05, 0) is 80.9 Å². The number of nitrogens with zero attached hydrogens (tertiary/aromatic N) is 2. The average molecular weight is 486 g/mol. The van der Waals surface area contributed by atoms with E-state index in [0.29, 0.717) is 22.8 Å². The quantitative estimate of drug-likeness (QED) is 0.361. The van der Waals surface area contributed by atoms with Crippen molar-refractivity contribution in [2.75, 3.05) is 0 Å². The van der Waals surface area contributed by atoms with Crippen LogP contribution in [0.25, 0.3) is 5.69 Å². The van der Waals surface area contributed by atoms with E-state index in [1.54, 1.807) is 30.3 Å². The molecule has 1 aromatic heterocycles. The number of carbonyl (C=O) groups is 1. The summed E-state index contributed by atoms with van der Waals surface area (Å²) in [5, 5.41) is 8.12. The predicted molar refractivity (Wildman–Crippen MR) is 139 cm³/mol. The Labute approximate surface area is 209 Å². The standard InChI is InChI=1S/C28H27N3O3S/c1-19(2)34-24-12-6-21(7-13-24)18-29-28(33)22-8-10-23(11-9-22)31-27(32)17-16-26(30-31)35-25-14-4-20(3)5-15-25/h4-17,19H,18H2,1-3H3,(H,29,33). The largest absolute Gasteiger partial charge is 0.491 e. The van der Waals surface area contributed by atoms with Gasteiger partial charge in [-0.15, -0.1) is 0 Å². The van der Waals surface area contributed by atoms with E-state index in [1.165, 1.54) is 28.1 Å². The van der Waals surface area contributed by atoms with Crippen molar-refractivity contribution in [2.45, 2.75) is 43.3 Å². The van der Waals surface area contributed by atoms with Crippen LogP contribution >= 0.6 is 11.8 Å². The molecule has 3 aromatic carbocycles. The first kappa shape index (κ1) is 24.3. The molecule has 0 aliphatic carbocycles. The van der Waals surface area contributed by atoms with Gasteiger partial charge in [0, 0.05) is 23.1 Å². The maximum atomic E-state index is 12.6. The average Bonchev–Trinajstić information content (AvgIpc) is 2.86. The molecule has 0 bridgehead atoms. The molecule has 1 N–H and O–H groups in total. The van der Waals surface area contributed by atoms with Crippen molar-refractivity contribution in [2.24, 2.45) is 0 Å². The van der Waals surface area contributed by atoms with Crippen LogP contribution in [0.5, 0.6) is 5.75 Å². The lowest BCUT2D eigenvalue weighted by Crippen LogP contribution is -2.23. The summed E-state index contributed by atoms with van der Waals surface area (Å²) >= 11 is 1.49. The predicted octanol–water partition coefficient (Wildman–Crippen LogP) is 5.41. The van der Waals surface area contributed by atoms with Gasteiger partial charge in [0.25, 0.3) is 11.5 Å². The van der Waals surface area contributed by atoms with Crippen LogP contribution in [0.2, 0.25) is 0 Å². The molecule has 0 fully saturated rings. The number of hydrogen-bond donors (Lipinski definition) is 1. The summed E-state index contributed by atoms with van der Waals surface area (Å²) in [4.78, 5) is 26.1. The lowest BCUT2D eigenvalue weighted by Gasteiger charge is -2.11. The van der Waals surface area contributed by atoms with Crippen LogP contribution in [-0.4, -0.2) is 21.8 Å². The molecule has 0 spiro atoms. The smallest absolute Gasteiger partial charge is 0.271 e. The molecule has 35 heavy (non-hydrogen) atoms. The lowest BCUT2D eigenvalue weighted by molar-refractivity contribution is 0.0951. The summed E-state index contributed by atoms with van der Waals surface area (Å²) in [6.45, 7) is 6.40. The minimum absolute atomic E-state index is 0.115. The van der Waals surface area contributed by atoms with Crippen LogP contribution < -0.4 is 15.6 Å². The Balaban J connectivity index is 1.41. The first-order valence-corrected chi connectivity index (χ1v) is 12.2. The summed E-state index contributed by atoms with van der Waals surface area (Å²) in [5.74, 6) is 0.610. The second-order valence-electron chi connectivity index (χ2n) is 8.38. The number of hydrogen-bond acceptors (Lipinski definition) is 5. The molecule has 1 amide bonds. The van der Waals surface area contributed by atoms with Crippen molar-refractivity contribution in [1.82, 2.24) is 15.1 Å². The number of amides is 1. The highest BCUT2D eigenvalue weighted by Gasteiger charge is 2.09. The van der Waals surface area contributed by atoms with E-state index in [9.17, 15) is 9.59 Å². The highest BCUT2D eigenvalue weighted by Crippen LogP contribution is 2.25. The van der Waals surface area contributed by atoms with E-state index in [-0.39, 0.29) is 17.6 Å². The van der Waals surface area contributed by atoms with E-state index in [2.05, 4.69) is 10.4 Å². The maximum absolute atomic E-state index is 12.6. The summed E-state index contributed by atoms with van der Waals surface area (Å²) in [6, 6.07) is 25.8. The van der Waals surface area contributed by atoms with E-state index < -0.39 is 0 Å². The Kier molecular flexibility index (Phi) is 7.67. The molecular weight excluding hydrogens is 458 g/mol. The summed E-state index contributed by atoms with van der Waals surface area (Å²) < 4.78 is 6.99. The van der Waals surface area contributed by atoms with Crippen molar-refractivity contribution in [3.05, 3.63) is 112 Å². The minimum atomic E-state index is -0.236. The van der Waals surface area contributed by atoms with Crippen LogP contribution in [0.1, 0.15) is 35.3 Å². The summed E-state index contributed by atoms with van der Waals surface area (Å²) in [7, 11) is 0. The molecule has 0 atom stereocenters. The normalized spacial score (nSPS) is 10.9. The third-order valence-corrected chi connectivity index (χ3v) is 6.08. The van der Waals surface area contributed by atoms with E-state index >= 15 is 0 Å². The number of aryl methyl sites for hydroxylation is 1. The van der Waals surface area contributed by atoms with Crippen LogP contribution in [0.15, 0.2) is 99.6 Å². The zero-order valence-corrected chi connectivity index (χ0v) is 20.7. The van der Waals surface area contributed by atoms with E-state index in [0.717, 1.165) is 16.2 Å². The third-order valence-electron chi connectivity index (χ3n) is 5.14. The fraction of sp³-hybridized carbons (Fsp3) is 0.179. The van der Waals surface area contributed by atoms with Crippen molar-refractivity contribution < 1.29 is 9.53 Å². The molecule has 0 saturated heterocycles. The third kappa shape index (κ3) is 6.61. The fourth-order valence-corrected chi connectivity index (χ4v) is 4.13. The van der Waals surface area contributed by atoms with Gasteiger partial charge in [0.2, 0.25) is 0 Å². The summed E-state index contributed by atoms with van der Waals surface area (Å²) in [6.07, 6.45) is 0.115. The van der Waals surface area contributed by atoms with Gasteiger partial charge >= 0.3 is 0 Å². The zero-order chi connectivity index (χ0) is 24.8. The minimum Gasteiger partial charge on any atom is -0.491 e. The fourth-order valence-electron chi connectivity index (χ4n) is 3.36. The van der Waals surface area contributed by atoms with Gasteiger partial charge in [-0.3, -0.25) is 9.59 Å². The van der Waals surface area contributed by atoms with Crippen LogP contribution in [0.3, 0.4) is 0 Å². The Bertz CT molecular complexity index is 1350. The topological polar surface area (TPSA) is 73.2 Å². The van der Waals surface area contributed by atoms with Gasteiger partial charge in [-0.25, -0.2) is 0 Å². The molecule has 6 nitrogen and oxygen atoms in total. The van der Waals surface area contributed by atoms with Gasteiger partial charge in [-0.1, -0.05) is 41.6 Å². The molecule has 4 aromatic rings. The van der Waals surface area contributed by atoms with Crippen molar-refractivity contribution >= 4 is 17.7 Å². The molecule has 0 radical (unpaired) electrons. The second kappa shape index (κ2) is 11.1. The molecule has 7 heteroatoms. The molecule has 0 unspecified atom stereocenters. The van der Waals surface area contributed by atoms with Crippen molar-refractivity contribution in [1.29, 1.82) is 0 Å². The monoisotopic (exact) mass is 485 g/mol. The Morgan fingerprint density at radius 2 is 1.63 bits per heavy atom. The molecular formula is C28H27N3O3S. The number of ether oxygens (including phenoxy) is 1. The molecule has 0 aliphatic heterocycles. The SMILES string of the molecule is Cc1ccc(Sc2ccc(=O)n(-c3ccc(C(=O)NCc4ccc(OC(C)C)cc4)cc3)n2)cc1. The van der Waals surface area contributed by atoms with Gasteiger partial charge < -0.3 is 10.1 Å². The van der Waals surface area contributed by atoms with Gasteiger partial charge in [0.05, 0.1) is 11.8 Å². The number of rotatable bonds is 8. The van der Waals surface area contributed by atoms with Gasteiger partial charge in [0.1, 0.15) is 10.8 Å². The number of benzene rings is 3. The number of nitrogens with one attached hydrogen (secondary N) is 1. The Morgan fingerprint density at radius 3 is 2.29 bits per heavy atom. The van der Waals surface area contributed by atoms with Crippen molar-refractivity contribution in [3.8, 4) is 11.4 Å². The first-order chi connectivity index (χ1) is 16.9. The number of aromatic nitrogens is 2. The van der Waals surface area contributed by atoms with Crippen LogP contribution in [-0.2, 0) is 6.54 Å². The molecule has 4 rings (SSSR count). The molecule has 1 heterocycles. The van der Waals surface area contributed by atoms with Crippen molar-refractivity contribution in [3.63, 3.8) is 0 Å². The first-order valence-electron chi connectivity index (χ1n) is 11.4.